The lowest BCUT2D eigenvalue weighted by atomic mass is 9.71. The van der Waals surface area contributed by atoms with Crippen molar-refractivity contribution in [1.29, 1.82) is 0 Å². The van der Waals surface area contributed by atoms with E-state index in [9.17, 15) is 8.78 Å². The van der Waals surface area contributed by atoms with Crippen LogP contribution in [0.25, 0.3) is 11.1 Å². The average Bonchev–Trinajstić information content (AvgIpc) is 3.03. The molecule has 2 aliphatic carbocycles. The van der Waals surface area contributed by atoms with Gasteiger partial charge in [-0.3, -0.25) is 0 Å². The fourth-order valence-electron chi connectivity index (χ4n) is 7.82. The Morgan fingerprint density at radius 1 is 0.805 bits per heavy atom. The van der Waals surface area contributed by atoms with Crippen LogP contribution in [0.2, 0.25) is 0 Å². The van der Waals surface area contributed by atoms with Crippen LogP contribution in [0.1, 0.15) is 109 Å². The van der Waals surface area contributed by atoms with Crippen molar-refractivity contribution in [1.82, 2.24) is 0 Å². The molecule has 1 heterocycles. The minimum absolute atomic E-state index is 0.0164. The summed E-state index contributed by atoms with van der Waals surface area (Å²) < 4.78 is 41.2. The Labute approximate surface area is 246 Å². The summed E-state index contributed by atoms with van der Waals surface area (Å²) in [6, 6.07) is 11.2. The molecule has 2 aromatic carbocycles. The van der Waals surface area contributed by atoms with E-state index in [4.69, 9.17) is 9.47 Å². The van der Waals surface area contributed by atoms with E-state index in [0.717, 1.165) is 30.8 Å². The molecule has 0 N–H and O–H groups in total. The highest BCUT2D eigenvalue weighted by molar-refractivity contribution is 5.65. The molecule has 2 unspecified atom stereocenters. The van der Waals surface area contributed by atoms with Crippen LogP contribution in [0.5, 0.6) is 5.75 Å². The first kappa shape index (κ1) is 30.3. The van der Waals surface area contributed by atoms with Gasteiger partial charge in [0.05, 0.1) is 19.3 Å². The van der Waals surface area contributed by atoms with Gasteiger partial charge in [0.15, 0.2) is 11.6 Å². The van der Waals surface area contributed by atoms with Crippen molar-refractivity contribution in [3.63, 3.8) is 0 Å². The summed E-state index contributed by atoms with van der Waals surface area (Å²) in [5.74, 6) is 2.04. The SMILES string of the molecule is CC=CCCC1CCC(C2CCC(C3CCC(c4ccc(-c5ccc(OCCC)c(F)c5F)cc4)CC3)OC2)CC1. The molecule has 0 radical (unpaired) electrons. The van der Waals surface area contributed by atoms with Gasteiger partial charge in [0.2, 0.25) is 5.82 Å². The van der Waals surface area contributed by atoms with Gasteiger partial charge in [-0.1, -0.05) is 56.2 Å². The molecule has 2 saturated carbocycles. The van der Waals surface area contributed by atoms with Gasteiger partial charge in [-0.05, 0) is 130 Å². The number of benzene rings is 2. The Morgan fingerprint density at radius 3 is 2.17 bits per heavy atom. The van der Waals surface area contributed by atoms with Crippen molar-refractivity contribution >= 4 is 0 Å². The summed E-state index contributed by atoms with van der Waals surface area (Å²) in [5, 5.41) is 0. The fraction of sp³-hybridized carbons (Fsp3) is 0.622. The average molecular weight is 565 g/mol. The highest BCUT2D eigenvalue weighted by Crippen LogP contribution is 2.43. The molecule has 224 valence electrons. The van der Waals surface area contributed by atoms with Gasteiger partial charge in [0, 0.05) is 5.56 Å². The third-order valence-corrected chi connectivity index (χ3v) is 10.4. The minimum Gasteiger partial charge on any atom is -0.490 e. The van der Waals surface area contributed by atoms with Crippen LogP contribution >= 0.6 is 0 Å². The highest BCUT2D eigenvalue weighted by Gasteiger charge is 2.35. The van der Waals surface area contributed by atoms with Gasteiger partial charge in [0.25, 0.3) is 0 Å². The molecule has 5 rings (SSSR count). The number of halogens is 2. The molecule has 4 heteroatoms. The van der Waals surface area contributed by atoms with Gasteiger partial charge < -0.3 is 9.47 Å². The zero-order chi connectivity index (χ0) is 28.6. The Morgan fingerprint density at radius 2 is 1.51 bits per heavy atom. The van der Waals surface area contributed by atoms with Crippen LogP contribution < -0.4 is 4.74 Å². The molecular weight excluding hydrogens is 514 g/mol. The quantitative estimate of drug-likeness (QED) is 0.267. The molecular formula is C37H50F2O2. The third kappa shape index (κ3) is 7.61. The van der Waals surface area contributed by atoms with Crippen molar-refractivity contribution in [3.8, 4) is 16.9 Å². The summed E-state index contributed by atoms with van der Waals surface area (Å²) in [6.45, 7) is 5.41. The minimum atomic E-state index is -0.905. The molecule has 2 aromatic rings. The lowest BCUT2D eigenvalue weighted by Crippen LogP contribution is -2.37. The Kier molecular flexibility index (Phi) is 10.9. The van der Waals surface area contributed by atoms with E-state index in [2.05, 4.69) is 31.2 Å². The highest BCUT2D eigenvalue weighted by atomic mass is 19.2. The lowest BCUT2D eigenvalue weighted by Gasteiger charge is -2.41. The van der Waals surface area contributed by atoms with Gasteiger partial charge in [0.1, 0.15) is 0 Å². The van der Waals surface area contributed by atoms with Crippen LogP contribution in [0.4, 0.5) is 8.78 Å². The predicted molar refractivity (Wildman–Crippen MR) is 164 cm³/mol. The second-order valence-corrected chi connectivity index (χ2v) is 13.0. The number of hydrogen-bond donors (Lipinski definition) is 0. The molecule has 0 bridgehead atoms. The van der Waals surface area contributed by atoms with Crippen LogP contribution in [0, 0.1) is 35.3 Å². The second-order valence-electron chi connectivity index (χ2n) is 13.0. The maximum atomic E-state index is 14.8. The molecule has 2 atom stereocenters. The van der Waals surface area contributed by atoms with E-state index < -0.39 is 11.6 Å². The summed E-state index contributed by atoms with van der Waals surface area (Å²) >= 11 is 0. The largest absolute Gasteiger partial charge is 0.490 e. The Hall–Kier alpha value is -2.20. The topological polar surface area (TPSA) is 18.5 Å². The standard InChI is InChI=1S/C37H50F2O2/c1-3-5-6-7-26-8-10-29(11-9-26)32-20-22-34(41-25-32)31-18-14-28(15-19-31)27-12-16-30(17-13-27)33-21-23-35(40-24-4-2)37(39)36(33)38/h3,5,12-13,16-17,21,23,26,28-29,31-32,34H,4,6-11,14-15,18-20,22,24-25H2,1-2H3. The van der Waals surface area contributed by atoms with E-state index >= 15 is 0 Å². The van der Waals surface area contributed by atoms with E-state index in [1.165, 1.54) is 88.7 Å². The summed E-state index contributed by atoms with van der Waals surface area (Å²) in [7, 11) is 0. The van der Waals surface area contributed by atoms with Crippen LogP contribution in [0.3, 0.4) is 0 Å². The van der Waals surface area contributed by atoms with Gasteiger partial charge in [-0.2, -0.15) is 4.39 Å². The zero-order valence-corrected chi connectivity index (χ0v) is 25.3. The molecule has 1 aliphatic heterocycles. The summed E-state index contributed by atoms with van der Waals surface area (Å²) in [5.41, 5.74) is 2.29. The van der Waals surface area contributed by atoms with Crippen LogP contribution in [-0.2, 0) is 4.74 Å². The van der Waals surface area contributed by atoms with E-state index in [0.29, 0.717) is 30.1 Å². The normalized spacial score (nSPS) is 29.1. The molecule has 0 amide bonds. The second kappa shape index (κ2) is 14.8. The lowest BCUT2D eigenvalue weighted by molar-refractivity contribution is -0.0724. The zero-order valence-electron chi connectivity index (χ0n) is 25.3. The van der Waals surface area contributed by atoms with Crippen molar-refractivity contribution in [3.05, 3.63) is 65.7 Å². The van der Waals surface area contributed by atoms with Crippen molar-refractivity contribution in [2.45, 2.75) is 109 Å². The Balaban J connectivity index is 1.06. The van der Waals surface area contributed by atoms with E-state index in [1.54, 1.807) is 6.07 Å². The predicted octanol–water partition coefficient (Wildman–Crippen LogP) is 10.7. The summed E-state index contributed by atoms with van der Waals surface area (Å²) in [4.78, 5) is 0. The molecule has 3 aliphatic rings. The molecule has 2 nitrogen and oxygen atoms in total. The summed E-state index contributed by atoms with van der Waals surface area (Å²) in [6.07, 6.45) is 21.3. The van der Waals surface area contributed by atoms with Crippen molar-refractivity contribution in [2.24, 2.45) is 23.7 Å². The fourth-order valence-corrected chi connectivity index (χ4v) is 7.82. The van der Waals surface area contributed by atoms with Crippen molar-refractivity contribution < 1.29 is 18.3 Å². The number of rotatable bonds is 10. The maximum Gasteiger partial charge on any atom is 0.201 e. The monoisotopic (exact) mass is 564 g/mol. The molecule has 1 saturated heterocycles. The van der Waals surface area contributed by atoms with Gasteiger partial charge in [-0.15, -0.1) is 0 Å². The first-order valence-corrected chi connectivity index (χ1v) is 16.5. The molecule has 0 aromatic heterocycles. The third-order valence-electron chi connectivity index (χ3n) is 10.4. The molecule has 0 spiro atoms. The molecule has 3 fully saturated rings. The van der Waals surface area contributed by atoms with Crippen LogP contribution in [-0.4, -0.2) is 19.3 Å². The first-order chi connectivity index (χ1) is 20.1. The van der Waals surface area contributed by atoms with E-state index in [-0.39, 0.29) is 11.3 Å². The Bertz CT molecular complexity index is 1100. The van der Waals surface area contributed by atoms with E-state index in [1.807, 2.05) is 19.1 Å². The molecule has 41 heavy (non-hydrogen) atoms. The number of ether oxygens (including phenoxy) is 2. The first-order valence-electron chi connectivity index (χ1n) is 16.5. The smallest absolute Gasteiger partial charge is 0.201 e. The van der Waals surface area contributed by atoms with Gasteiger partial charge >= 0.3 is 0 Å². The van der Waals surface area contributed by atoms with Gasteiger partial charge in [-0.25, -0.2) is 4.39 Å². The maximum absolute atomic E-state index is 14.8. The number of hydrogen-bond acceptors (Lipinski definition) is 2. The number of allylic oxidation sites excluding steroid dienone is 2. The van der Waals surface area contributed by atoms with Crippen molar-refractivity contribution in [2.75, 3.05) is 13.2 Å². The van der Waals surface area contributed by atoms with Crippen LogP contribution in [0.15, 0.2) is 48.6 Å².